The molecule has 142 valence electrons. The number of aromatic nitrogens is 3. The second kappa shape index (κ2) is 8.78. The first kappa shape index (κ1) is 19.0. The van der Waals surface area contributed by atoms with Crippen molar-refractivity contribution in [2.45, 2.75) is 36.4 Å². The van der Waals surface area contributed by atoms with E-state index >= 15 is 0 Å². The Balaban J connectivity index is 1.58. The van der Waals surface area contributed by atoms with Crippen LogP contribution in [-0.4, -0.2) is 27.5 Å². The van der Waals surface area contributed by atoms with E-state index in [-0.39, 0.29) is 6.10 Å². The highest BCUT2D eigenvalue weighted by Gasteiger charge is 2.21. The molecule has 28 heavy (non-hydrogen) atoms. The number of ether oxygens (including phenoxy) is 1. The van der Waals surface area contributed by atoms with Gasteiger partial charge in [-0.1, -0.05) is 35.5 Å². The first-order valence-corrected chi connectivity index (χ1v) is 10.5. The second-order valence-corrected chi connectivity index (χ2v) is 8.04. The molecular formula is C21H19ClN4OS. The van der Waals surface area contributed by atoms with E-state index in [0.29, 0.717) is 10.6 Å². The minimum absolute atomic E-state index is 0.191. The molecule has 0 unspecified atom stereocenters. The van der Waals surface area contributed by atoms with Gasteiger partial charge in [-0.25, -0.2) is 0 Å². The van der Waals surface area contributed by atoms with Crippen LogP contribution in [0.25, 0.3) is 11.4 Å². The van der Waals surface area contributed by atoms with Crippen molar-refractivity contribution in [3.05, 3.63) is 64.7 Å². The normalized spacial score (nSPS) is 16.2. The van der Waals surface area contributed by atoms with Crippen LogP contribution < -0.4 is 0 Å². The number of nitriles is 1. The van der Waals surface area contributed by atoms with Crippen LogP contribution in [0, 0.1) is 11.3 Å². The van der Waals surface area contributed by atoms with Crippen LogP contribution >= 0.6 is 23.4 Å². The molecule has 0 saturated carbocycles. The van der Waals surface area contributed by atoms with Crippen molar-refractivity contribution in [3.8, 4) is 17.5 Å². The van der Waals surface area contributed by atoms with E-state index in [9.17, 15) is 0 Å². The summed E-state index contributed by atoms with van der Waals surface area (Å²) in [5.41, 5.74) is 2.80. The van der Waals surface area contributed by atoms with Crippen LogP contribution in [0.15, 0.2) is 53.7 Å². The minimum Gasteiger partial charge on any atom is -0.376 e. The van der Waals surface area contributed by atoms with Crippen LogP contribution in [0.5, 0.6) is 0 Å². The highest BCUT2D eigenvalue weighted by molar-refractivity contribution is 7.98. The third kappa shape index (κ3) is 4.39. The molecule has 0 spiro atoms. The third-order valence-corrected chi connectivity index (χ3v) is 5.97. The Hall–Kier alpha value is -2.33. The van der Waals surface area contributed by atoms with E-state index < -0.39 is 0 Å². The lowest BCUT2D eigenvalue weighted by Crippen LogP contribution is -2.16. The fraction of sp³-hybridized carbons (Fsp3) is 0.286. The van der Waals surface area contributed by atoms with Gasteiger partial charge in [0.05, 0.1) is 24.3 Å². The molecule has 0 bridgehead atoms. The van der Waals surface area contributed by atoms with Gasteiger partial charge < -0.3 is 4.74 Å². The number of nitrogens with zero attached hydrogens (tertiary/aromatic N) is 4. The van der Waals surface area contributed by atoms with Gasteiger partial charge in [-0.3, -0.25) is 4.57 Å². The molecule has 7 heteroatoms. The molecule has 4 rings (SSSR count). The molecule has 0 aliphatic carbocycles. The van der Waals surface area contributed by atoms with Gasteiger partial charge in [0, 0.05) is 22.9 Å². The van der Waals surface area contributed by atoms with E-state index in [1.54, 1.807) is 11.8 Å². The first-order valence-electron chi connectivity index (χ1n) is 9.15. The highest BCUT2D eigenvalue weighted by Crippen LogP contribution is 2.29. The summed E-state index contributed by atoms with van der Waals surface area (Å²) >= 11 is 7.67. The molecule has 2 heterocycles. The van der Waals surface area contributed by atoms with Gasteiger partial charge in [-0.15, -0.1) is 10.2 Å². The Bertz CT molecular complexity index is 973. The van der Waals surface area contributed by atoms with E-state index in [4.69, 9.17) is 21.6 Å². The fourth-order valence-corrected chi connectivity index (χ4v) is 4.22. The number of thioether (sulfide) groups is 1. The lowest BCUT2D eigenvalue weighted by Gasteiger charge is -2.15. The summed E-state index contributed by atoms with van der Waals surface area (Å²) in [7, 11) is 0. The molecule has 1 atom stereocenters. The largest absolute Gasteiger partial charge is 0.376 e. The van der Waals surface area contributed by atoms with Crippen molar-refractivity contribution in [1.29, 1.82) is 5.26 Å². The number of hydrogen-bond donors (Lipinski definition) is 0. The molecule has 5 nitrogen and oxygen atoms in total. The maximum Gasteiger partial charge on any atom is 0.191 e. The average molecular weight is 411 g/mol. The van der Waals surface area contributed by atoms with E-state index in [2.05, 4.69) is 20.8 Å². The Kier molecular flexibility index (Phi) is 5.96. The Morgan fingerprint density at radius 2 is 1.93 bits per heavy atom. The maximum absolute atomic E-state index is 8.94. The van der Waals surface area contributed by atoms with Crippen molar-refractivity contribution in [1.82, 2.24) is 14.8 Å². The Morgan fingerprint density at radius 1 is 1.14 bits per heavy atom. The highest BCUT2D eigenvalue weighted by atomic mass is 35.5. The van der Waals surface area contributed by atoms with Gasteiger partial charge in [0.2, 0.25) is 0 Å². The molecule has 2 aromatic carbocycles. The standard InChI is InChI=1S/C21H19ClN4OS/c22-18-9-7-17(8-10-18)20-24-25-21(26(20)13-19-2-1-11-27-19)28-14-16-5-3-15(12-23)4-6-16/h3-10,19H,1-2,11,13-14H2/t19-/m1/s1. The summed E-state index contributed by atoms with van der Waals surface area (Å²) in [5, 5.41) is 19.4. The van der Waals surface area contributed by atoms with Crippen molar-refractivity contribution in [3.63, 3.8) is 0 Å². The van der Waals surface area contributed by atoms with Crippen molar-refractivity contribution in [2.75, 3.05) is 6.61 Å². The molecule has 3 aromatic rings. The zero-order chi connectivity index (χ0) is 19.3. The molecule has 1 aliphatic heterocycles. The molecule has 0 N–H and O–H groups in total. The van der Waals surface area contributed by atoms with Crippen molar-refractivity contribution >= 4 is 23.4 Å². The van der Waals surface area contributed by atoms with Gasteiger partial charge in [-0.2, -0.15) is 5.26 Å². The monoisotopic (exact) mass is 410 g/mol. The quantitative estimate of drug-likeness (QED) is 0.538. The predicted octanol–water partition coefficient (Wildman–Crippen LogP) is 4.94. The summed E-state index contributed by atoms with van der Waals surface area (Å²) in [4.78, 5) is 0. The molecule has 1 fully saturated rings. The summed E-state index contributed by atoms with van der Waals surface area (Å²) in [6.45, 7) is 1.55. The van der Waals surface area contributed by atoms with Crippen molar-refractivity contribution in [2.24, 2.45) is 0 Å². The number of halogens is 1. The van der Waals surface area contributed by atoms with Crippen LogP contribution in [0.2, 0.25) is 5.02 Å². The zero-order valence-electron chi connectivity index (χ0n) is 15.2. The smallest absolute Gasteiger partial charge is 0.191 e. The lowest BCUT2D eigenvalue weighted by molar-refractivity contribution is 0.0953. The third-order valence-electron chi connectivity index (χ3n) is 4.68. The SMILES string of the molecule is N#Cc1ccc(CSc2nnc(-c3ccc(Cl)cc3)n2C[C@H]2CCCO2)cc1. The molecule has 1 aliphatic rings. The van der Waals surface area contributed by atoms with Gasteiger partial charge in [-0.05, 0) is 54.8 Å². The van der Waals surface area contributed by atoms with Crippen molar-refractivity contribution < 1.29 is 4.74 Å². The molecular weight excluding hydrogens is 392 g/mol. The summed E-state index contributed by atoms with van der Waals surface area (Å²) < 4.78 is 7.99. The first-order chi connectivity index (χ1) is 13.7. The fourth-order valence-electron chi connectivity index (χ4n) is 3.19. The lowest BCUT2D eigenvalue weighted by atomic mass is 10.2. The van der Waals surface area contributed by atoms with Gasteiger partial charge in [0.15, 0.2) is 11.0 Å². The van der Waals surface area contributed by atoms with E-state index in [1.165, 1.54) is 0 Å². The van der Waals surface area contributed by atoms with Gasteiger partial charge >= 0.3 is 0 Å². The summed E-state index contributed by atoms with van der Waals surface area (Å²) in [5.74, 6) is 1.59. The molecule has 1 saturated heterocycles. The maximum atomic E-state index is 8.94. The molecule has 1 aromatic heterocycles. The van der Waals surface area contributed by atoms with Gasteiger partial charge in [0.25, 0.3) is 0 Å². The predicted molar refractivity (Wildman–Crippen MR) is 110 cm³/mol. The number of hydrogen-bond acceptors (Lipinski definition) is 5. The van der Waals surface area contributed by atoms with E-state index in [1.807, 2.05) is 48.5 Å². The zero-order valence-corrected chi connectivity index (χ0v) is 16.8. The Morgan fingerprint density at radius 3 is 2.61 bits per heavy atom. The van der Waals surface area contributed by atoms with E-state index in [0.717, 1.165) is 53.9 Å². The Labute approximate surface area is 173 Å². The average Bonchev–Trinajstić information content (AvgIpc) is 3.38. The molecule has 0 radical (unpaired) electrons. The number of rotatable bonds is 6. The van der Waals surface area contributed by atoms with Crippen LogP contribution in [-0.2, 0) is 17.0 Å². The minimum atomic E-state index is 0.191. The van der Waals surface area contributed by atoms with Crippen LogP contribution in [0.1, 0.15) is 24.0 Å². The summed E-state index contributed by atoms with van der Waals surface area (Å²) in [6.07, 6.45) is 2.34. The topological polar surface area (TPSA) is 63.7 Å². The number of benzene rings is 2. The van der Waals surface area contributed by atoms with Crippen LogP contribution in [0.4, 0.5) is 0 Å². The van der Waals surface area contributed by atoms with Crippen LogP contribution in [0.3, 0.4) is 0 Å². The molecule has 0 amide bonds. The second-order valence-electron chi connectivity index (χ2n) is 6.66. The summed E-state index contributed by atoms with van der Waals surface area (Å²) in [6, 6.07) is 17.4. The van der Waals surface area contributed by atoms with Gasteiger partial charge in [0.1, 0.15) is 0 Å².